The van der Waals surface area contributed by atoms with Crippen LogP contribution in [0.4, 0.5) is 0 Å². The zero-order valence-electron chi connectivity index (χ0n) is 30.6. The second kappa shape index (κ2) is 13.5. The Labute approximate surface area is 330 Å². The summed E-state index contributed by atoms with van der Waals surface area (Å²) in [7, 11) is 0. The van der Waals surface area contributed by atoms with E-state index < -0.39 is 19.3 Å². The summed E-state index contributed by atoms with van der Waals surface area (Å²) < 4.78 is 7.33. The second-order valence-corrected chi connectivity index (χ2v) is 25.8. The molecule has 0 radical (unpaired) electrons. The number of rotatable bonds is 4. The topological polar surface area (TPSA) is 0 Å². The van der Waals surface area contributed by atoms with Crippen molar-refractivity contribution in [3.63, 3.8) is 0 Å². The van der Waals surface area contributed by atoms with Gasteiger partial charge in [-0.25, -0.2) is 0 Å². The quantitative estimate of drug-likeness (QED) is 0.213. The fourth-order valence-corrected chi connectivity index (χ4v) is 23.2. The predicted molar refractivity (Wildman–Crippen MR) is 211 cm³/mol. The molecule has 8 rings (SSSR count). The molecule has 0 bridgehead atoms. The number of hydrogen-bond donors (Lipinski definition) is 0. The monoisotopic (exact) mass is 826 g/mol. The van der Waals surface area contributed by atoms with E-state index in [0.29, 0.717) is 5.92 Å². The van der Waals surface area contributed by atoms with Crippen LogP contribution < -0.4 is 24.8 Å². The van der Waals surface area contributed by atoms with Crippen LogP contribution in [-0.2, 0) is 30.1 Å². The Morgan fingerprint density at radius 3 is 1.39 bits per heavy atom. The van der Waals surface area contributed by atoms with Gasteiger partial charge in [-0.1, -0.05) is 0 Å². The first-order valence-electron chi connectivity index (χ1n) is 17.6. The molecule has 0 saturated carbocycles. The summed E-state index contributed by atoms with van der Waals surface area (Å²) in [4.78, 5) is 0. The molecule has 0 amide bonds. The van der Waals surface area contributed by atoms with E-state index in [-0.39, 0.29) is 39.3 Å². The van der Waals surface area contributed by atoms with Gasteiger partial charge < -0.3 is 24.8 Å². The molecule has 4 aliphatic rings. The molecule has 0 aliphatic heterocycles. The molecule has 5 heteroatoms. The molecule has 0 heterocycles. The van der Waals surface area contributed by atoms with Crippen molar-refractivity contribution in [3.05, 3.63) is 161 Å². The average molecular weight is 830 g/mol. The summed E-state index contributed by atoms with van der Waals surface area (Å²) in [6.07, 6.45) is 9.95. The first-order valence-corrected chi connectivity index (χ1v) is 23.8. The van der Waals surface area contributed by atoms with E-state index in [4.69, 9.17) is 23.2 Å². The van der Waals surface area contributed by atoms with Crippen LogP contribution >= 0.6 is 23.2 Å². The molecule has 0 spiro atoms. The number of benzene rings is 4. The van der Waals surface area contributed by atoms with Gasteiger partial charge >= 0.3 is 308 Å². The minimum absolute atomic E-state index is 0. The van der Waals surface area contributed by atoms with Crippen molar-refractivity contribution < 1.29 is 44.1 Å². The molecule has 0 nitrogen and oxygen atoms in total. The largest absolute Gasteiger partial charge is 1.00 e. The molecule has 4 aromatic rings. The molecule has 51 heavy (non-hydrogen) atoms. The maximum absolute atomic E-state index is 6.50. The van der Waals surface area contributed by atoms with Gasteiger partial charge in [0.2, 0.25) is 0 Å². The summed E-state index contributed by atoms with van der Waals surface area (Å²) in [6.45, 7) is 18.8. The molecule has 0 fully saturated rings. The van der Waals surface area contributed by atoms with E-state index in [1.165, 1.54) is 72.4 Å². The molecule has 0 aromatic heterocycles. The van der Waals surface area contributed by atoms with Crippen molar-refractivity contribution in [3.8, 4) is 11.1 Å². The Morgan fingerprint density at radius 1 is 0.608 bits per heavy atom. The van der Waals surface area contributed by atoms with Crippen molar-refractivity contribution >= 4 is 41.8 Å². The summed E-state index contributed by atoms with van der Waals surface area (Å²) in [6, 6.07) is 27.4. The Bertz CT molecular complexity index is 2210. The van der Waals surface area contributed by atoms with Gasteiger partial charge in [-0.15, -0.1) is 0 Å². The second-order valence-electron chi connectivity index (χ2n) is 16.1. The maximum Gasteiger partial charge on any atom is -1.00 e. The smallest absolute Gasteiger partial charge is 1.00 e. The Morgan fingerprint density at radius 2 is 1.02 bits per heavy atom. The van der Waals surface area contributed by atoms with E-state index in [2.05, 4.69) is 136 Å². The molecule has 260 valence electrons. The standard InChI is InChI=1S/C25H25.2C7H5Cl.C7H9.2ClH.Zr/c1-14-12-24(3,4)22-8-16-7-17-9-23-19(15(2)13-25(23,5)6)11-21(17)20(16)10-18(14)22;2*1-6-2-4-7(8)5-3-6;1-6-3-4-7(2)5-6;;;/h7-13H,1-6H3;2*1-5H;3,5,7H,1-2H3;2*1H;/q;;;;;;+2/p-2. The predicted octanol–water partition coefficient (Wildman–Crippen LogP) is 6.80. The van der Waals surface area contributed by atoms with Gasteiger partial charge in [-0.05, 0) is 0 Å². The van der Waals surface area contributed by atoms with Crippen LogP contribution in [-0.4, -0.2) is 7.42 Å². The maximum atomic E-state index is 6.50. The number of halogens is 4. The van der Waals surface area contributed by atoms with Gasteiger partial charge in [-0.2, -0.15) is 0 Å². The van der Waals surface area contributed by atoms with Crippen LogP contribution in [0.15, 0.2) is 106 Å². The summed E-state index contributed by atoms with van der Waals surface area (Å²) >= 11 is 9.02. The molecule has 1 unspecified atom stereocenters. The van der Waals surface area contributed by atoms with Crippen LogP contribution in [0.2, 0.25) is 10.0 Å². The molecule has 1 atom stereocenters. The van der Waals surface area contributed by atoms with Gasteiger partial charge in [0, 0.05) is 0 Å². The first kappa shape index (κ1) is 38.4. The number of hydrogen-bond acceptors (Lipinski definition) is 0. The minimum Gasteiger partial charge on any atom is -1.00 e. The van der Waals surface area contributed by atoms with Crippen LogP contribution in [0.5, 0.6) is 0 Å². The van der Waals surface area contributed by atoms with Gasteiger partial charge in [0.25, 0.3) is 0 Å². The van der Waals surface area contributed by atoms with Crippen LogP contribution in [0.3, 0.4) is 0 Å². The van der Waals surface area contributed by atoms with Crippen molar-refractivity contribution in [1.29, 1.82) is 0 Å². The third-order valence-electron chi connectivity index (χ3n) is 11.6. The van der Waals surface area contributed by atoms with E-state index in [9.17, 15) is 0 Å². The molecular weight excluding hydrogens is 786 g/mol. The van der Waals surface area contributed by atoms with Crippen molar-refractivity contribution in [2.75, 3.05) is 0 Å². The zero-order valence-corrected chi connectivity index (χ0v) is 36.0. The molecular formula is C46H44Cl4Zr. The van der Waals surface area contributed by atoms with Gasteiger partial charge in [0.05, 0.1) is 0 Å². The normalized spacial score (nSPS) is 18.4. The van der Waals surface area contributed by atoms with E-state index in [1.54, 1.807) is 3.28 Å². The minimum atomic E-state index is -3.98. The Kier molecular flexibility index (Phi) is 10.1. The van der Waals surface area contributed by atoms with Crippen molar-refractivity contribution in [2.24, 2.45) is 5.92 Å². The van der Waals surface area contributed by atoms with Crippen molar-refractivity contribution in [2.45, 2.75) is 69.8 Å². The number of allylic oxidation sites excluding steroid dienone is 8. The van der Waals surface area contributed by atoms with Crippen molar-refractivity contribution in [1.82, 2.24) is 0 Å². The molecule has 4 aromatic carbocycles. The van der Waals surface area contributed by atoms with Gasteiger partial charge in [-0.3, -0.25) is 0 Å². The Balaban J connectivity index is 0.00000224. The van der Waals surface area contributed by atoms with E-state index >= 15 is 0 Å². The van der Waals surface area contributed by atoms with Crippen LogP contribution in [0.25, 0.3) is 22.3 Å². The SMILES string of the molecule is CC1=CC(C)[C]([Zr+2](=[CH]c2ccc(Cl)cc2)(=[CH]c2ccc(Cl)cc2)[CH]2c3cc4c(cc3-c3cc5c(cc32)C(C)(C)C=C5C)C(C)=CC4(C)C)=C1.[Cl-].[Cl-]. The first-order chi connectivity index (χ1) is 23.2. The zero-order chi connectivity index (χ0) is 34.6. The summed E-state index contributed by atoms with van der Waals surface area (Å²) in [5, 5.41) is 1.53. The van der Waals surface area contributed by atoms with E-state index in [1.807, 2.05) is 24.3 Å². The van der Waals surface area contributed by atoms with Gasteiger partial charge in [0.1, 0.15) is 0 Å². The number of fused-ring (bicyclic) bond motifs is 5. The third kappa shape index (κ3) is 6.28. The van der Waals surface area contributed by atoms with Gasteiger partial charge in [0.15, 0.2) is 0 Å². The molecule has 4 aliphatic carbocycles. The fraction of sp³-hybridized carbons (Fsp3) is 0.261. The third-order valence-corrected chi connectivity index (χ3v) is 23.9. The van der Waals surface area contributed by atoms with E-state index in [0.717, 1.165) is 10.0 Å². The Hall–Kier alpha value is -2.38. The fourth-order valence-electron chi connectivity index (χ4n) is 9.61. The summed E-state index contributed by atoms with van der Waals surface area (Å²) in [5.74, 6) is 0.347. The van der Waals surface area contributed by atoms with Crippen LogP contribution in [0, 0.1) is 5.92 Å². The molecule has 0 N–H and O–H groups in total. The summed E-state index contributed by atoms with van der Waals surface area (Å²) in [5.41, 5.74) is 18.1. The van der Waals surface area contributed by atoms with Crippen LogP contribution in [0.1, 0.15) is 104 Å². The molecule has 0 saturated heterocycles. The average Bonchev–Trinajstić information content (AvgIpc) is 3.70.